The lowest BCUT2D eigenvalue weighted by molar-refractivity contribution is -0.845. The van der Waals surface area contributed by atoms with E-state index in [1.807, 2.05) is 20.8 Å². The second-order valence-electron chi connectivity index (χ2n) is 7.68. The van der Waals surface area contributed by atoms with E-state index < -0.39 is 27.2 Å². The molecule has 1 aromatic heterocycles. The van der Waals surface area contributed by atoms with Crippen molar-refractivity contribution < 1.29 is 22.2 Å². The number of nitrogens with zero attached hydrogens (tertiary/aromatic N) is 2. The van der Waals surface area contributed by atoms with E-state index in [0.29, 0.717) is 10.9 Å². The molecule has 0 saturated carbocycles. The van der Waals surface area contributed by atoms with Gasteiger partial charge in [0.25, 0.3) is 0 Å². The van der Waals surface area contributed by atoms with Crippen LogP contribution in [0, 0.1) is 0 Å². The number of pyridine rings is 1. The number of carbonyl (C=O) groups excluding carboxylic acids is 1. The molecule has 2 rings (SSSR count). The van der Waals surface area contributed by atoms with Crippen LogP contribution in [0.3, 0.4) is 0 Å². The molecule has 0 bridgehead atoms. The van der Waals surface area contributed by atoms with Gasteiger partial charge in [-0.3, -0.25) is 0 Å². The van der Waals surface area contributed by atoms with Gasteiger partial charge in [0.2, 0.25) is 0 Å². The molecule has 1 fully saturated rings. The fourth-order valence-corrected chi connectivity index (χ4v) is 6.42. The summed E-state index contributed by atoms with van der Waals surface area (Å²) < 4.78 is 27.3. The first-order chi connectivity index (χ1) is 11.2. The number of aromatic nitrogens is 1. The summed E-state index contributed by atoms with van der Waals surface area (Å²) >= 11 is 3.23. The predicted octanol–water partition coefficient (Wildman–Crippen LogP) is 0.826. The number of sulfonamides is 1. The maximum absolute atomic E-state index is 13.6. The molecule has 1 aliphatic rings. The van der Waals surface area contributed by atoms with E-state index in [1.165, 1.54) is 12.3 Å². The molecule has 1 aromatic rings. The Hall–Kier alpha value is -1.39. The molecule has 2 heterocycles. The first-order valence-corrected chi connectivity index (χ1v) is 10.00. The van der Waals surface area contributed by atoms with E-state index in [9.17, 15) is 18.3 Å². The maximum atomic E-state index is 13.6. The number of nitrogens with one attached hydrogen (secondary N) is 1. The molecule has 8 nitrogen and oxygen atoms in total. The number of nitrogens with two attached hydrogens (primary N) is 1. The van der Waals surface area contributed by atoms with E-state index in [0.717, 1.165) is 0 Å². The van der Waals surface area contributed by atoms with Crippen molar-refractivity contribution in [2.45, 2.75) is 50.1 Å². The number of likely N-dealkylation sites (tertiary alicyclic amines) is 1. The smallest absolute Gasteiger partial charge is 0.331 e. The number of hydrogen-bond donors (Lipinski definition) is 2. The third-order valence-electron chi connectivity index (χ3n) is 4.84. The maximum Gasteiger partial charge on any atom is 0.331 e. The van der Waals surface area contributed by atoms with Crippen LogP contribution in [0.15, 0.2) is 21.6 Å². The molecule has 0 spiro atoms. The van der Waals surface area contributed by atoms with Crippen LogP contribution in [0.5, 0.6) is 0 Å². The van der Waals surface area contributed by atoms with Crippen LogP contribution < -0.4 is 16.2 Å². The Bertz CT molecular complexity index is 808. The minimum Gasteiger partial charge on any atom is -0.530 e. The van der Waals surface area contributed by atoms with Crippen molar-refractivity contribution in [1.82, 2.24) is 10.3 Å². The number of hydrogen-bond acceptors (Lipinski definition) is 6. The van der Waals surface area contributed by atoms with Gasteiger partial charge in [0.05, 0.1) is 12.1 Å². The Balaban J connectivity index is 2.64. The second kappa shape index (κ2) is 6.10. The Labute approximate surface area is 156 Å². The van der Waals surface area contributed by atoms with Crippen molar-refractivity contribution in [2.75, 3.05) is 18.8 Å². The van der Waals surface area contributed by atoms with Crippen molar-refractivity contribution >= 4 is 37.9 Å². The lowest BCUT2D eigenvalue weighted by Crippen LogP contribution is -2.65. The number of carbonyl (C=O) groups is 1. The highest BCUT2D eigenvalue weighted by atomic mass is 79.9. The summed E-state index contributed by atoms with van der Waals surface area (Å²) in [6.07, 6.45) is 0.373. The molecule has 0 aromatic carbocycles. The molecule has 140 valence electrons. The Kier molecular flexibility index (Phi) is 4.86. The van der Waals surface area contributed by atoms with Crippen molar-refractivity contribution in [2.24, 2.45) is 0 Å². The lowest BCUT2D eigenvalue weighted by Gasteiger charge is -2.44. The van der Waals surface area contributed by atoms with Crippen molar-refractivity contribution in [3.8, 4) is 0 Å². The molecule has 1 aliphatic heterocycles. The fraction of sp³-hybridized carbons (Fsp3) is 0.600. The van der Waals surface area contributed by atoms with E-state index in [2.05, 4.69) is 26.2 Å². The highest BCUT2D eigenvalue weighted by molar-refractivity contribution is 9.10. The molecule has 1 amide bonds. The summed E-state index contributed by atoms with van der Waals surface area (Å²) in [5.74, 6) is -0.0774. The number of carboxylic acid groups (broad SMARTS) is 1. The van der Waals surface area contributed by atoms with Gasteiger partial charge in [-0.05, 0) is 49.7 Å². The van der Waals surface area contributed by atoms with E-state index >= 15 is 0 Å². The number of amides is 1. The molecule has 3 N–H and O–H groups in total. The summed E-state index contributed by atoms with van der Waals surface area (Å²) in [5, 5.41) is 13.4. The minimum atomic E-state index is -3.95. The predicted molar refractivity (Wildman–Crippen MR) is 94.8 cm³/mol. The van der Waals surface area contributed by atoms with Gasteiger partial charge in [-0.25, -0.2) is 8.87 Å². The molecular weight excluding hydrogens is 412 g/mol. The summed E-state index contributed by atoms with van der Waals surface area (Å²) in [6.45, 7) is 7.45. The number of quaternary nitrogens is 1. The fourth-order valence-electron chi connectivity index (χ4n) is 3.46. The zero-order chi connectivity index (χ0) is 19.3. The van der Waals surface area contributed by atoms with Gasteiger partial charge in [0.1, 0.15) is 24.0 Å². The zero-order valence-corrected chi connectivity index (χ0v) is 17.1. The largest absolute Gasteiger partial charge is 0.530 e. The SMILES string of the molecule is CC1(NC(=O)[O-])CC[N+](C(C)(C)C)(S(=O)(=O)c2cc(Br)cnc2N)C1. The Morgan fingerprint density at radius 3 is 2.60 bits per heavy atom. The van der Waals surface area contributed by atoms with Gasteiger partial charge in [-0.1, -0.05) is 0 Å². The first-order valence-electron chi connectivity index (χ1n) is 7.77. The normalized spacial score (nSPS) is 27.2. The van der Waals surface area contributed by atoms with Crippen LogP contribution in [0.4, 0.5) is 10.6 Å². The third kappa shape index (κ3) is 3.34. The Morgan fingerprint density at radius 1 is 1.48 bits per heavy atom. The monoisotopic (exact) mass is 434 g/mol. The molecule has 0 aliphatic carbocycles. The van der Waals surface area contributed by atoms with Crippen LogP contribution in [-0.4, -0.2) is 47.6 Å². The van der Waals surface area contributed by atoms with Gasteiger partial charge in [0, 0.05) is 17.1 Å². The van der Waals surface area contributed by atoms with E-state index in [1.54, 1.807) is 6.92 Å². The highest BCUT2D eigenvalue weighted by Gasteiger charge is 2.60. The van der Waals surface area contributed by atoms with Gasteiger partial charge in [0.15, 0.2) is 4.90 Å². The average Bonchev–Trinajstić information content (AvgIpc) is 2.79. The molecule has 10 heteroatoms. The zero-order valence-electron chi connectivity index (χ0n) is 14.7. The standard InChI is InChI=1S/C15H23BrN4O4S/c1-14(2,3)20(6-5-15(4,9-20)19-13(21)22)25(23,24)11-7-10(16)8-18-12(11)17/h7-8,19H,5-6,9H2,1-4H3,(H2-,17,18,21,22). The Morgan fingerprint density at radius 2 is 2.08 bits per heavy atom. The summed E-state index contributed by atoms with van der Waals surface area (Å²) in [7, 11) is -3.95. The number of halogens is 1. The average molecular weight is 435 g/mol. The summed E-state index contributed by atoms with van der Waals surface area (Å²) in [6, 6.07) is 1.44. The molecule has 1 saturated heterocycles. The van der Waals surface area contributed by atoms with E-state index in [-0.39, 0.29) is 27.7 Å². The van der Waals surface area contributed by atoms with Gasteiger partial charge in [-0.15, -0.1) is 0 Å². The van der Waals surface area contributed by atoms with Crippen LogP contribution in [-0.2, 0) is 10.0 Å². The quantitative estimate of drug-likeness (QED) is 0.678. The van der Waals surface area contributed by atoms with Crippen LogP contribution in [0.1, 0.15) is 34.1 Å². The van der Waals surface area contributed by atoms with Crippen LogP contribution in [0.2, 0.25) is 0 Å². The van der Waals surface area contributed by atoms with Crippen molar-refractivity contribution in [3.05, 3.63) is 16.7 Å². The number of rotatable bonds is 3. The molecule has 2 atom stereocenters. The van der Waals surface area contributed by atoms with Crippen LogP contribution >= 0.6 is 15.9 Å². The van der Waals surface area contributed by atoms with Gasteiger partial charge >= 0.3 is 10.0 Å². The molecular formula is C15H23BrN4O4S. The van der Waals surface area contributed by atoms with Crippen molar-refractivity contribution in [3.63, 3.8) is 0 Å². The third-order valence-corrected chi connectivity index (χ3v) is 7.94. The summed E-state index contributed by atoms with van der Waals surface area (Å²) in [4.78, 5) is 14.9. The minimum absolute atomic E-state index is 0.0606. The molecule has 25 heavy (non-hydrogen) atoms. The summed E-state index contributed by atoms with van der Waals surface area (Å²) in [5.41, 5.74) is 4.23. The van der Waals surface area contributed by atoms with Crippen LogP contribution in [0.25, 0.3) is 0 Å². The topological polar surface area (TPSA) is 125 Å². The van der Waals surface area contributed by atoms with Gasteiger partial charge in [-0.2, -0.15) is 8.42 Å². The highest BCUT2D eigenvalue weighted by Crippen LogP contribution is 2.43. The first kappa shape index (κ1) is 19.9. The molecule has 0 radical (unpaired) electrons. The number of nitrogen functional groups attached to an aromatic ring is 1. The van der Waals surface area contributed by atoms with Crippen molar-refractivity contribution in [1.29, 1.82) is 0 Å². The number of anilines is 1. The van der Waals surface area contributed by atoms with E-state index in [4.69, 9.17) is 5.73 Å². The second-order valence-corrected chi connectivity index (χ2v) is 10.7. The lowest BCUT2D eigenvalue weighted by atomic mass is 10.0. The molecule has 2 unspecified atom stereocenters. The van der Waals surface area contributed by atoms with Gasteiger partial charge < -0.3 is 21.0 Å².